The first-order valence-corrected chi connectivity index (χ1v) is 11.6. The Morgan fingerprint density at radius 2 is 1.78 bits per heavy atom. The van der Waals surface area contributed by atoms with Gasteiger partial charge in [0.05, 0.1) is 16.9 Å². The number of anilines is 2. The molecule has 4 nitrogen and oxygen atoms in total. The Hall–Kier alpha value is -2.61. The van der Waals surface area contributed by atoms with Crippen molar-refractivity contribution in [2.45, 2.75) is 53.7 Å². The number of amides is 1. The Morgan fingerprint density at radius 1 is 1.16 bits per heavy atom. The zero-order chi connectivity index (χ0) is 24.8. The van der Waals surface area contributed by atoms with Crippen LogP contribution in [0.3, 0.4) is 0 Å². The summed E-state index contributed by atoms with van der Waals surface area (Å²) in [6, 6.07) is 5.41. The molecule has 0 radical (unpaired) electrons. The molecule has 32 heavy (non-hydrogen) atoms. The number of hydrogen-bond donors (Lipinski definition) is 2. The van der Waals surface area contributed by atoms with Crippen molar-refractivity contribution >= 4 is 29.2 Å². The van der Waals surface area contributed by atoms with Gasteiger partial charge in [-0.3, -0.25) is 4.79 Å². The number of rotatable bonds is 9. The zero-order valence-corrected chi connectivity index (χ0v) is 20.5. The molecule has 3 N–H and O–H groups in total. The van der Waals surface area contributed by atoms with E-state index in [0.29, 0.717) is 12.1 Å². The van der Waals surface area contributed by atoms with Crippen LogP contribution >= 0.6 is 11.9 Å². The van der Waals surface area contributed by atoms with E-state index < -0.39 is 29.0 Å². The first-order valence-electron chi connectivity index (χ1n) is 10.6. The van der Waals surface area contributed by atoms with E-state index in [4.69, 9.17) is 5.73 Å². The minimum absolute atomic E-state index is 0.0193. The molecule has 0 aliphatic carbocycles. The predicted molar refractivity (Wildman–Crippen MR) is 130 cm³/mol. The normalized spacial score (nSPS) is 9.66. The second-order valence-corrected chi connectivity index (χ2v) is 7.17. The van der Waals surface area contributed by atoms with Gasteiger partial charge in [-0.25, -0.2) is 13.2 Å². The molecule has 0 spiro atoms. The maximum absolute atomic E-state index is 14.7. The summed E-state index contributed by atoms with van der Waals surface area (Å²) >= 11 is 1.23. The Labute approximate surface area is 194 Å². The van der Waals surface area contributed by atoms with Crippen molar-refractivity contribution in [3.05, 3.63) is 71.2 Å². The van der Waals surface area contributed by atoms with Crippen LogP contribution in [0.25, 0.3) is 0 Å². The van der Waals surface area contributed by atoms with Crippen LogP contribution in [0, 0.1) is 24.4 Å². The Kier molecular flexibility index (Phi) is 14.0. The average molecular weight is 470 g/mol. The molecule has 0 aromatic heterocycles. The molecule has 0 aliphatic heterocycles. The van der Waals surface area contributed by atoms with Crippen LogP contribution in [-0.2, 0) is 5.75 Å². The monoisotopic (exact) mass is 469 g/mol. The van der Waals surface area contributed by atoms with Crippen molar-refractivity contribution in [2.75, 3.05) is 11.9 Å². The van der Waals surface area contributed by atoms with Crippen molar-refractivity contribution in [3.63, 3.8) is 0 Å². The molecule has 0 unspecified atom stereocenters. The van der Waals surface area contributed by atoms with Gasteiger partial charge in [-0.2, -0.15) is 0 Å². The van der Waals surface area contributed by atoms with Gasteiger partial charge < -0.3 is 15.4 Å². The van der Waals surface area contributed by atoms with Gasteiger partial charge in [-0.15, -0.1) is 0 Å². The molecular weight excluding hydrogens is 435 g/mol. The van der Waals surface area contributed by atoms with Crippen molar-refractivity contribution in [1.82, 2.24) is 4.31 Å². The largest absolute Gasteiger partial charge is 0.366 e. The number of nitrogens with one attached hydrogen (secondary N) is 1. The van der Waals surface area contributed by atoms with Crippen LogP contribution in [0.2, 0.25) is 0 Å². The minimum atomic E-state index is -1.28. The topological polar surface area (TPSA) is 58.4 Å². The number of carbonyl (C=O) groups is 1. The van der Waals surface area contributed by atoms with Gasteiger partial charge in [-0.1, -0.05) is 47.3 Å². The maximum Gasteiger partial charge on any atom is 0.250 e. The Balaban J connectivity index is 0.00000227. The summed E-state index contributed by atoms with van der Waals surface area (Å²) in [5.41, 5.74) is 5.16. The number of halogens is 3. The fourth-order valence-electron chi connectivity index (χ4n) is 2.54. The van der Waals surface area contributed by atoms with E-state index >= 15 is 0 Å². The van der Waals surface area contributed by atoms with Crippen LogP contribution in [0.5, 0.6) is 0 Å². The number of aryl methyl sites for hydroxylation is 1. The Morgan fingerprint density at radius 3 is 2.28 bits per heavy atom. The van der Waals surface area contributed by atoms with Gasteiger partial charge in [0.2, 0.25) is 0 Å². The number of hydrogen-bond acceptors (Lipinski definition) is 4. The second-order valence-electron chi connectivity index (χ2n) is 6.16. The molecule has 0 bridgehead atoms. The highest BCUT2D eigenvalue weighted by Crippen LogP contribution is 2.32. The molecule has 0 heterocycles. The van der Waals surface area contributed by atoms with Gasteiger partial charge in [0, 0.05) is 24.1 Å². The molecule has 8 heteroatoms. The lowest BCUT2D eigenvalue weighted by atomic mass is 10.1. The summed E-state index contributed by atoms with van der Waals surface area (Å²) in [6.45, 7) is 16.0. The van der Waals surface area contributed by atoms with Crippen molar-refractivity contribution in [1.29, 1.82) is 0 Å². The summed E-state index contributed by atoms with van der Waals surface area (Å²) in [6.07, 6.45) is 2.45. The molecule has 2 aromatic carbocycles. The quantitative estimate of drug-likeness (QED) is 0.378. The average Bonchev–Trinajstić information content (AvgIpc) is 2.79. The molecule has 0 saturated carbocycles. The third-order valence-electron chi connectivity index (χ3n) is 3.97. The van der Waals surface area contributed by atoms with Gasteiger partial charge in [0.25, 0.3) is 5.91 Å². The second kappa shape index (κ2) is 15.2. The number of nitrogens with zero attached hydrogens (tertiary/aromatic N) is 1. The van der Waals surface area contributed by atoms with E-state index in [1.165, 1.54) is 30.1 Å². The summed E-state index contributed by atoms with van der Waals surface area (Å²) in [5.74, 6) is -3.93. The van der Waals surface area contributed by atoms with Gasteiger partial charge >= 0.3 is 0 Å². The van der Waals surface area contributed by atoms with Crippen molar-refractivity contribution < 1.29 is 18.0 Å². The molecule has 2 rings (SSSR count). The van der Waals surface area contributed by atoms with Crippen LogP contribution in [0.15, 0.2) is 37.0 Å². The fraction of sp³-hybridized carbons (Fsp3) is 0.375. The third kappa shape index (κ3) is 8.15. The van der Waals surface area contributed by atoms with Crippen molar-refractivity contribution in [3.8, 4) is 0 Å². The minimum Gasteiger partial charge on any atom is -0.366 e. The smallest absolute Gasteiger partial charge is 0.250 e. The lowest BCUT2D eigenvalue weighted by Gasteiger charge is -2.19. The molecule has 0 saturated heterocycles. The summed E-state index contributed by atoms with van der Waals surface area (Å²) < 4.78 is 45.2. The lowest BCUT2D eigenvalue weighted by molar-refractivity contribution is 0.100. The summed E-state index contributed by atoms with van der Waals surface area (Å²) in [5, 5.41) is 2.46. The molecular formula is C24H34F3N3OS. The molecule has 2 aromatic rings. The lowest BCUT2D eigenvalue weighted by Crippen LogP contribution is -2.17. The third-order valence-corrected chi connectivity index (χ3v) is 5.07. The number of primary amides is 1. The van der Waals surface area contributed by atoms with E-state index in [1.54, 1.807) is 23.5 Å². The summed E-state index contributed by atoms with van der Waals surface area (Å²) in [7, 11) is 0. The van der Waals surface area contributed by atoms with E-state index in [-0.39, 0.29) is 22.6 Å². The zero-order valence-electron chi connectivity index (χ0n) is 19.7. The first kappa shape index (κ1) is 29.4. The summed E-state index contributed by atoms with van der Waals surface area (Å²) in [4.78, 5) is 11.8. The number of nitrogens with two attached hydrogens (primary N) is 1. The maximum atomic E-state index is 14.7. The number of carbonyl (C=O) groups excluding carboxylic acids is 1. The van der Waals surface area contributed by atoms with Crippen molar-refractivity contribution in [2.24, 2.45) is 5.73 Å². The molecule has 0 fully saturated rings. The molecule has 0 atom stereocenters. The van der Waals surface area contributed by atoms with Gasteiger partial charge in [0.15, 0.2) is 11.6 Å². The van der Waals surface area contributed by atoms with E-state index in [1.807, 2.05) is 34.6 Å². The molecule has 178 valence electrons. The molecule has 1 amide bonds. The van der Waals surface area contributed by atoms with Crippen LogP contribution in [0.4, 0.5) is 24.5 Å². The SMILES string of the molecule is C=CN(CCC)SCc1cc(C(N)=O)c(Nc2ccc(C)cc2F)c(F)c1F.CC.CC. The fourth-order valence-corrected chi connectivity index (χ4v) is 3.47. The Bertz CT molecular complexity index is 891. The van der Waals surface area contributed by atoms with E-state index in [9.17, 15) is 18.0 Å². The van der Waals surface area contributed by atoms with Gasteiger partial charge in [-0.05, 0) is 49.1 Å². The predicted octanol–water partition coefficient (Wildman–Crippen LogP) is 7.31. The number of benzene rings is 2. The molecule has 0 aliphatic rings. The van der Waals surface area contributed by atoms with Crippen LogP contribution < -0.4 is 11.1 Å². The van der Waals surface area contributed by atoms with Crippen LogP contribution in [0.1, 0.15) is 62.5 Å². The first-order chi connectivity index (χ1) is 15.3. The highest BCUT2D eigenvalue weighted by Gasteiger charge is 2.22. The standard InChI is InChI=1S/C20H22F3N3OS.2C2H6/c1-4-8-26(5-2)28-11-13-10-14(20(24)27)19(18(23)17(13)22)25-16-7-6-12(3)9-15(16)21;2*1-2/h5-7,9-10,25H,2,4,8,11H2,1,3H3,(H2,24,27);2*1-2H3. The van der Waals surface area contributed by atoms with Gasteiger partial charge in [0.1, 0.15) is 5.82 Å². The highest BCUT2D eigenvalue weighted by molar-refractivity contribution is 7.96. The van der Waals surface area contributed by atoms with E-state index in [0.717, 1.165) is 6.42 Å². The highest BCUT2D eigenvalue weighted by atomic mass is 32.2. The van der Waals surface area contributed by atoms with Crippen LogP contribution in [-0.4, -0.2) is 16.8 Å². The van der Waals surface area contributed by atoms with E-state index in [2.05, 4.69) is 11.9 Å².